The van der Waals surface area contributed by atoms with Crippen LogP contribution in [0.15, 0.2) is 66.7 Å². The first-order valence-corrected chi connectivity index (χ1v) is 5.71. The fraction of sp³-hybridized carbons (Fsp3) is 0.125. The molecule has 0 aromatic heterocycles. The molecule has 2 aromatic rings. The minimum absolute atomic E-state index is 0.0106. The Morgan fingerprint density at radius 2 is 1.47 bits per heavy atom. The van der Waals surface area contributed by atoms with E-state index < -0.39 is 0 Å². The number of hydrogen-bond acceptors (Lipinski definition) is 1. The second kappa shape index (κ2) is 6.02. The van der Waals surface area contributed by atoms with Gasteiger partial charge in [0, 0.05) is 7.11 Å². The normalized spacial score (nSPS) is 12.8. The molecule has 0 heterocycles. The number of rotatable bonds is 4. The topological polar surface area (TPSA) is 9.23 Å². The van der Waals surface area contributed by atoms with Gasteiger partial charge in [-0.05, 0) is 11.1 Å². The van der Waals surface area contributed by atoms with Gasteiger partial charge >= 0.3 is 0 Å². The Labute approximate surface area is 102 Å². The third-order valence-electron chi connectivity index (χ3n) is 2.65. The monoisotopic (exact) mass is 224 g/mol. The van der Waals surface area contributed by atoms with Crippen LogP contribution in [0.3, 0.4) is 0 Å². The molecule has 0 saturated heterocycles. The molecule has 0 radical (unpaired) electrons. The van der Waals surface area contributed by atoms with Crippen LogP contribution in [0.25, 0.3) is 6.08 Å². The summed E-state index contributed by atoms with van der Waals surface area (Å²) in [6.07, 6.45) is 4.17. The summed E-state index contributed by atoms with van der Waals surface area (Å²) in [5.74, 6) is 0. The van der Waals surface area contributed by atoms with Gasteiger partial charge in [0.1, 0.15) is 6.10 Å². The van der Waals surface area contributed by atoms with E-state index in [0.29, 0.717) is 0 Å². The molecule has 0 aliphatic rings. The SMILES string of the molecule is CO[C@H](/C=C/c1ccccc1)c1ccccc1. The maximum absolute atomic E-state index is 5.47. The molecule has 0 bridgehead atoms. The third-order valence-corrected chi connectivity index (χ3v) is 2.65. The van der Waals surface area contributed by atoms with Gasteiger partial charge < -0.3 is 4.74 Å². The molecule has 0 fully saturated rings. The van der Waals surface area contributed by atoms with Crippen molar-refractivity contribution in [1.82, 2.24) is 0 Å². The average Bonchev–Trinajstić information content (AvgIpc) is 2.42. The lowest BCUT2D eigenvalue weighted by molar-refractivity contribution is 0.143. The number of ether oxygens (including phenoxy) is 1. The molecular formula is C16H16O. The first-order valence-electron chi connectivity index (χ1n) is 5.71. The van der Waals surface area contributed by atoms with E-state index in [2.05, 4.69) is 36.4 Å². The van der Waals surface area contributed by atoms with Gasteiger partial charge in [-0.15, -0.1) is 0 Å². The molecule has 1 nitrogen and oxygen atoms in total. The zero-order chi connectivity index (χ0) is 11.9. The first kappa shape index (κ1) is 11.6. The Balaban J connectivity index is 2.14. The van der Waals surface area contributed by atoms with Gasteiger partial charge in [0.05, 0.1) is 0 Å². The van der Waals surface area contributed by atoms with E-state index in [1.807, 2.05) is 36.4 Å². The Morgan fingerprint density at radius 1 is 0.882 bits per heavy atom. The van der Waals surface area contributed by atoms with Gasteiger partial charge in [0.15, 0.2) is 0 Å². The zero-order valence-corrected chi connectivity index (χ0v) is 9.91. The van der Waals surface area contributed by atoms with Gasteiger partial charge in [-0.1, -0.05) is 72.8 Å². The molecule has 0 saturated carbocycles. The molecule has 1 heteroatoms. The van der Waals surface area contributed by atoms with Crippen LogP contribution in [0.4, 0.5) is 0 Å². The lowest BCUT2D eigenvalue weighted by Gasteiger charge is -2.10. The molecule has 0 unspecified atom stereocenters. The van der Waals surface area contributed by atoms with E-state index in [1.165, 1.54) is 11.1 Å². The maximum atomic E-state index is 5.47. The Bertz CT molecular complexity index is 459. The molecule has 0 aliphatic carbocycles. The van der Waals surface area contributed by atoms with Crippen LogP contribution in [-0.2, 0) is 4.74 Å². The number of methoxy groups -OCH3 is 1. The highest BCUT2D eigenvalue weighted by Gasteiger charge is 2.04. The Morgan fingerprint density at radius 3 is 2.06 bits per heavy atom. The van der Waals surface area contributed by atoms with Crippen LogP contribution in [0, 0.1) is 0 Å². The van der Waals surface area contributed by atoms with Crippen molar-refractivity contribution < 1.29 is 4.74 Å². The minimum atomic E-state index is 0.0106. The summed E-state index contributed by atoms with van der Waals surface area (Å²) < 4.78 is 5.47. The smallest absolute Gasteiger partial charge is 0.101 e. The number of benzene rings is 2. The minimum Gasteiger partial charge on any atom is -0.373 e. The van der Waals surface area contributed by atoms with Crippen LogP contribution in [0.5, 0.6) is 0 Å². The summed E-state index contributed by atoms with van der Waals surface area (Å²) in [6.45, 7) is 0. The van der Waals surface area contributed by atoms with Crippen LogP contribution >= 0.6 is 0 Å². The van der Waals surface area contributed by atoms with Gasteiger partial charge in [-0.3, -0.25) is 0 Å². The highest BCUT2D eigenvalue weighted by molar-refractivity contribution is 5.50. The summed E-state index contributed by atoms with van der Waals surface area (Å²) in [5.41, 5.74) is 2.35. The lowest BCUT2D eigenvalue weighted by Crippen LogP contribution is -1.96. The molecule has 1 atom stereocenters. The molecule has 0 amide bonds. The van der Waals surface area contributed by atoms with Crippen molar-refractivity contribution in [3.05, 3.63) is 77.9 Å². The van der Waals surface area contributed by atoms with Crippen molar-refractivity contribution in [3.63, 3.8) is 0 Å². The van der Waals surface area contributed by atoms with Gasteiger partial charge in [0.2, 0.25) is 0 Å². The largest absolute Gasteiger partial charge is 0.373 e. The number of hydrogen-bond donors (Lipinski definition) is 0. The fourth-order valence-electron chi connectivity index (χ4n) is 1.73. The molecule has 0 aliphatic heterocycles. The second-order valence-electron chi connectivity index (χ2n) is 3.84. The Hall–Kier alpha value is -1.86. The summed E-state index contributed by atoms with van der Waals surface area (Å²) in [6, 6.07) is 20.4. The van der Waals surface area contributed by atoms with Crippen molar-refractivity contribution >= 4 is 6.08 Å². The lowest BCUT2D eigenvalue weighted by atomic mass is 10.1. The average molecular weight is 224 g/mol. The maximum Gasteiger partial charge on any atom is 0.101 e. The molecule has 2 rings (SSSR count). The predicted octanol–water partition coefficient (Wildman–Crippen LogP) is 4.09. The van der Waals surface area contributed by atoms with Crippen molar-refractivity contribution in [1.29, 1.82) is 0 Å². The predicted molar refractivity (Wildman–Crippen MR) is 71.7 cm³/mol. The quantitative estimate of drug-likeness (QED) is 0.760. The van der Waals surface area contributed by atoms with E-state index in [1.54, 1.807) is 7.11 Å². The summed E-state index contributed by atoms with van der Waals surface area (Å²) in [7, 11) is 1.73. The highest BCUT2D eigenvalue weighted by atomic mass is 16.5. The molecule has 86 valence electrons. The Kier molecular flexibility index (Phi) is 4.11. The first-order chi connectivity index (χ1) is 8.40. The van der Waals surface area contributed by atoms with Crippen molar-refractivity contribution in [3.8, 4) is 0 Å². The summed E-state index contributed by atoms with van der Waals surface area (Å²) in [5, 5.41) is 0. The molecule has 2 aromatic carbocycles. The van der Waals surface area contributed by atoms with Crippen LogP contribution in [-0.4, -0.2) is 7.11 Å². The highest BCUT2D eigenvalue weighted by Crippen LogP contribution is 2.18. The van der Waals surface area contributed by atoms with E-state index in [0.717, 1.165) is 0 Å². The van der Waals surface area contributed by atoms with Crippen molar-refractivity contribution in [2.24, 2.45) is 0 Å². The van der Waals surface area contributed by atoms with Crippen molar-refractivity contribution in [2.45, 2.75) is 6.10 Å². The molecule has 17 heavy (non-hydrogen) atoms. The zero-order valence-electron chi connectivity index (χ0n) is 9.91. The second-order valence-corrected chi connectivity index (χ2v) is 3.84. The molecule has 0 N–H and O–H groups in total. The standard InChI is InChI=1S/C16H16O/c1-17-16(15-10-6-3-7-11-15)13-12-14-8-4-2-5-9-14/h2-13,16H,1H3/b13-12+/t16-/m1/s1. The van der Waals surface area contributed by atoms with Crippen LogP contribution in [0.2, 0.25) is 0 Å². The van der Waals surface area contributed by atoms with Gasteiger partial charge in [0.25, 0.3) is 0 Å². The van der Waals surface area contributed by atoms with E-state index in [9.17, 15) is 0 Å². The fourth-order valence-corrected chi connectivity index (χ4v) is 1.73. The third kappa shape index (κ3) is 3.30. The van der Waals surface area contributed by atoms with Crippen LogP contribution < -0.4 is 0 Å². The van der Waals surface area contributed by atoms with Gasteiger partial charge in [-0.2, -0.15) is 0 Å². The van der Waals surface area contributed by atoms with E-state index in [-0.39, 0.29) is 6.10 Å². The summed E-state index contributed by atoms with van der Waals surface area (Å²) in [4.78, 5) is 0. The van der Waals surface area contributed by atoms with E-state index in [4.69, 9.17) is 4.74 Å². The molecular weight excluding hydrogens is 208 g/mol. The van der Waals surface area contributed by atoms with Crippen LogP contribution in [0.1, 0.15) is 17.2 Å². The van der Waals surface area contributed by atoms with Gasteiger partial charge in [-0.25, -0.2) is 0 Å². The molecule has 0 spiro atoms. The van der Waals surface area contributed by atoms with E-state index >= 15 is 0 Å². The van der Waals surface area contributed by atoms with Crippen molar-refractivity contribution in [2.75, 3.05) is 7.11 Å². The summed E-state index contributed by atoms with van der Waals surface area (Å²) >= 11 is 0.